The van der Waals surface area contributed by atoms with Crippen LogP contribution in [0.1, 0.15) is 51.0 Å². The maximum absolute atomic E-state index is 12.9. The molecule has 128 valence electrons. The van der Waals surface area contributed by atoms with Crippen molar-refractivity contribution >= 4 is 18.3 Å². The van der Waals surface area contributed by atoms with Crippen LogP contribution in [0.3, 0.4) is 0 Å². The highest BCUT2D eigenvalue weighted by molar-refractivity contribution is 5.85. The average molecular weight is 340 g/mol. The van der Waals surface area contributed by atoms with Gasteiger partial charge in [0.25, 0.3) is 0 Å². The zero-order chi connectivity index (χ0) is 14.9. The third kappa shape index (κ3) is 3.38. The molecular weight excluding hydrogens is 314 g/mol. The Morgan fingerprint density at radius 2 is 2.04 bits per heavy atom. The van der Waals surface area contributed by atoms with Gasteiger partial charge in [-0.05, 0) is 38.0 Å². The molecular formula is C16H26ClN5O. The van der Waals surface area contributed by atoms with Crippen molar-refractivity contribution in [3.8, 4) is 0 Å². The number of hydrogen-bond acceptors (Lipinski definition) is 4. The molecule has 6 nitrogen and oxygen atoms in total. The molecule has 1 aliphatic carbocycles. The van der Waals surface area contributed by atoms with Crippen molar-refractivity contribution in [3.63, 3.8) is 0 Å². The van der Waals surface area contributed by atoms with E-state index in [0.29, 0.717) is 11.9 Å². The Morgan fingerprint density at radius 3 is 2.83 bits per heavy atom. The zero-order valence-electron chi connectivity index (χ0n) is 13.4. The summed E-state index contributed by atoms with van der Waals surface area (Å²) in [5.41, 5.74) is 0. The topological polar surface area (TPSA) is 63.1 Å². The third-order valence-electron chi connectivity index (χ3n) is 5.68. The van der Waals surface area contributed by atoms with E-state index in [2.05, 4.69) is 15.4 Å². The second-order valence-corrected chi connectivity index (χ2v) is 7.06. The summed E-state index contributed by atoms with van der Waals surface area (Å²) in [6, 6.07) is 0.907. The third-order valence-corrected chi connectivity index (χ3v) is 5.68. The van der Waals surface area contributed by atoms with Gasteiger partial charge in [0.2, 0.25) is 5.91 Å². The van der Waals surface area contributed by atoms with Gasteiger partial charge in [0, 0.05) is 19.1 Å². The number of aromatic nitrogens is 3. The molecule has 2 aliphatic heterocycles. The second kappa shape index (κ2) is 7.18. The van der Waals surface area contributed by atoms with Crippen LogP contribution in [0.15, 0.2) is 12.7 Å². The molecule has 23 heavy (non-hydrogen) atoms. The van der Waals surface area contributed by atoms with Crippen LogP contribution >= 0.6 is 12.4 Å². The number of halogens is 1. The SMILES string of the molecule is Cl.O=C(C1CC2CCCCC2N1)N1CCCC(n2cncn2)C1. The highest BCUT2D eigenvalue weighted by Crippen LogP contribution is 2.34. The van der Waals surface area contributed by atoms with E-state index in [9.17, 15) is 4.79 Å². The van der Waals surface area contributed by atoms with E-state index in [-0.39, 0.29) is 24.5 Å². The number of carbonyl (C=O) groups is 1. The average Bonchev–Trinajstić information content (AvgIpc) is 3.23. The van der Waals surface area contributed by atoms with Crippen molar-refractivity contribution < 1.29 is 4.79 Å². The van der Waals surface area contributed by atoms with Crippen molar-refractivity contribution in [1.29, 1.82) is 0 Å². The van der Waals surface area contributed by atoms with Crippen LogP contribution in [0.4, 0.5) is 0 Å². The summed E-state index contributed by atoms with van der Waals surface area (Å²) in [4.78, 5) is 19.0. The summed E-state index contributed by atoms with van der Waals surface area (Å²) < 4.78 is 1.90. The van der Waals surface area contributed by atoms with Crippen LogP contribution in [-0.2, 0) is 4.79 Å². The summed E-state index contributed by atoms with van der Waals surface area (Å²) in [5.74, 6) is 1.03. The van der Waals surface area contributed by atoms with Crippen molar-refractivity contribution in [2.45, 2.75) is 63.1 Å². The number of rotatable bonds is 2. The van der Waals surface area contributed by atoms with Gasteiger partial charge in [-0.1, -0.05) is 12.8 Å². The van der Waals surface area contributed by atoms with Gasteiger partial charge in [0.15, 0.2) is 0 Å². The lowest BCUT2D eigenvalue weighted by Gasteiger charge is -2.34. The van der Waals surface area contributed by atoms with Gasteiger partial charge in [-0.25, -0.2) is 9.67 Å². The largest absolute Gasteiger partial charge is 0.339 e. The van der Waals surface area contributed by atoms with Gasteiger partial charge in [-0.15, -0.1) is 12.4 Å². The Morgan fingerprint density at radius 1 is 1.17 bits per heavy atom. The first kappa shape index (κ1) is 16.7. The van der Waals surface area contributed by atoms with Gasteiger partial charge in [-0.2, -0.15) is 5.10 Å². The summed E-state index contributed by atoms with van der Waals surface area (Å²) in [6.07, 6.45) is 11.7. The van der Waals surface area contributed by atoms with E-state index >= 15 is 0 Å². The lowest BCUT2D eigenvalue weighted by Crippen LogP contribution is -2.49. The number of carbonyl (C=O) groups excluding carboxylic acids is 1. The van der Waals surface area contributed by atoms with Crippen molar-refractivity contribution in [1.82, 2.24) is 25.0 Å². The van der Waals surface area contributed by atoms with E-state index < -0.39 is 0 Å². The molecule has 4 atom stereocenters. The Balaban J connectivity index is 0.00000156. The standard InChI is InChI=1S/C16H25N5O.ClH/c22-16(15-8-12-4-1-2-6-14(12)19-15)20-7-3-5-13(9-20)21-11-17-10-18-21;/h10-15,19H,1-9H2;1H. The molecule has 1 N–H and O–H groups in total. The molecule has 7 heteroatoms. The lowest BCUT2D eigenvalue weighted by molar-refractivity contribution is -0.134. The van der Waals surface area contributed by atoms with Crippen molar-refractivity contribution in [3.05, 3.63) is 12.7 Å². The number of amides is 1. The fourth-order valence-electron chi connectivity index (χ4n) is 4.51. The molecule has 3 fully saturated rings. The number of piperidine rings is 1. The number of likely N-dealkylation sites (tertiary alicyclic amines) is 1. The normalized spacial score (nSPS) is 33.8. The minimum Gasteiger partial charge on any atom is -0.339 e. The van der Waals surface area contributed by atoms with Gasteiger partial charge in [0.05, 0.1) is 12.1 Å². The van der Waals surface area contributed by atoms with E-state index in [0.717, 1.165) is 38.3 Å². The molecule has 0 radical (unpaired) electrons. The molecule has 0 bridgehead atoms. The van der Waals surface area contributed by atoms with E-state index in [1.807, 2.05) is 9.58 Å². The first-order chi connectivity index (χ1) is 10.8. The molecule has 3 heterocycles. The summed E-state index contributed by atoms with van der Waals surface area (Å²) in [5, 5.41) is 7.86. The van der Waals surface area contributed by atoms with E-state index in [1.54, 1.807) is 12.7 Å². The Bertz CT molecular complexity index is 509. The van der Waals surface area contributed by atoms with Crippen LogP contribution < -0.4 is 5.32 Å². The molecule has 0 spiro atoms. The molecule has 1 amide bonds. The first-order valence-electron chi connectivity index (χ1n) is 8.70. The molecule has 4 rings (SSSR count). The minimum atomic E-state index is 0. The van der Waals surface area contributed by atoms with Gasteiger partial charge in [-0.3, -0.25) is 4.79 Å². The second-order valence-electron chi connectivity index (χ2n) is 7.06. The van der Waals surface area contributed by atoms with Crippen molar-refractivity contribution in [2.24, 2.45) is 5.92 Å². The maximum Gasteiger partial charge on any atom is 0.239 e. The predicted molar refractivity (Wildman–Crippen MR) is 89.4 cm³/mol. The van der Waals surface area contributed by atoms with Crippen LogP contribution in [0.5, 0.6) is 0 Å². The van der Waals surface area contributed by atoms with Crippen LogP contribution in [0.2, 0.25) is 0 Å². The number of fused-ring (bicyclic) bond motifs is 1. The van der Waals surface area contributed by atoms with Crippen LogP contribution in [0.25, 0.3) is 0 Å². The molecule has 1 aromatic rings. The Hall–Kier alpha value is -1.14. The van der Waals surface area contributed by atoms with Gasteiger partial charge >= 0.3 is 0 Å². The Kier molecular flexibility index (Phi) is 5.21. The molecule has 2 saturated heterocycles. The lowest BCUT2D eigenvalue weighted by atomic mass is 9.85. The first-order valence-corrected chi connectivity index (χ1v) is 8.70. The monoisotopic (exact) mass is 339 g/mol. The van der Waals surface area contributed by atoms with Gasteiger partial charge < -0.3 is 10.2 Å². The molecule has 1 aromatic heterocycles. The van der Waals surface area contributed by atoms with Gasteiger partial charge in [0.1, 0.15) is 12.7 Å². The number of nitrogens with zero attached hydrogens (tertiary/aromatic N) is 4. The summed E-state index contributed by atoms with van der Waals surface area (Å²) in [6.45, 7) is 1.66. The highest BCUT2D eigenvalue weighted by Gasteiger charge is 2.40. The molecule has 1 saturated carbocycles. The quantitative estimate of drug-likeness (QED) is 0.892. The smallest absolute Gasteiger partial charge is 0.239 e. The maximum atomic E-state index is 12.9. The predicted octanol–water partition coefficient (Wildman–Crippen LogP) is 1.78. The van der Waals surface area contributed by atoms with Crippen molar-refractivity contribution in [2.75, 3.05) is 13.1 Å². The minimum absolute atomic E-state index is 0. The molecule has 4 unspecified atom stereocenters. The molecule has 0 aromatic carbocycles. The van der Waals surface area contributed by atoms with Crippen LogP contribution in [-0.4, -0.2) is 50.7 Å². The number of hydrogen-bond donors (Lipinski definition) is 1. The van der Waals surface area contributed by atoms with E-state index in [1.165, 1.54) is 25.7 Å². The highest BCUT2D eigenvalue weighted by atomic mass is 35.5. The van der Waals surface area contributed by atoms with Crippen LogP contribution in [0, 0.1) is 5.92 Å². The van der Waals surface area contributed by atoms with E-state index in [4.69, 9.17) is 0 Å². The fourth-order valence-corrected chi connectivity index (χ4v) is 4.51. The zero-order valence-corrected chi connectivity index (χ0v) is 14.2. The fraction of sp³-hybridized carbons (Fsp3) is 0.812. The molecule has 3 aliphatic rings. The Labute approximate surface area is 143 Å². The number of nitrogens with one attached hydrogen (secondary N) is 1. The summed E-state index contributed by atoms with van der Waals surface area (Å²) in [7, 11) is 0. The summed E-state index contributed by atoms with van der Waals surface area (Å²) >= 11 is 0.